The molecule has 5 heteroatoms. The average molecular weight is 391 g/mol. The molecule has 1 aliphatic heterocycles. The Balaban J connectivity index is 1.80. The van der Waals surface area contributed by atoms with Gasteiger partial charge in [-0.15, -0.1) is 0 Å². The third-order valence-electron chi connectivity index (χ3n) is 4.31. The number of ketones is 1. The summed E-state index contributed by atoms with van der Waals surface area (Å²) in [5, 5.41) is 0.560. The van der Waals surface area contributed by atoms with Gasteiger partial charge in [0, 0.05) is 21.7 Å². The van der Waals surface area contributed by atoms with Gasteiger partial charge in [0.25, 0.3) is 6.29 Å². The Bertz CT molecular complexity index is 1040. The van der Waals surface area contributed by atoms with Gasteiger partial charge in [0.2, 0.25) is 5.78 Å². The summed E-state index contributed by atoms with van der Waals surface area (Å²) >= 11 is 5.93. The van der Waals surface area contributed by atoms with Crippen LogP contribution in [0.15, 0.2) is 90.5 Å². The molecule has 0 spiro atoms. The van der Waals surface area contributed by atoms with E-state index in [1.165, 1.54) is 0 Å². The fourth-order valence-corrected chi connectivity index (χ4v) is 3.05. The zero-order valence-corrected chi connectivity index (χ0v) is 15.4. The molecule has 0 N–H and O–H groups in total. The topological polar surface area (TPSA) is 52.6 Å². The Morgan fingerprint density at radius 3 is 2.04 bits per heavy atom. The summed E-state index contributed by atoms with van der Waals surface area (Å²) in [6.07, 6.45) is -0.965. The maximum Gasteiger partial charge on any atom is 0.349 e. The summed E-state index contributed by atoms with van der Waals surface area (Å²) in [7, 11) is 0. The number of hydrogen-bond donors (Lipinski definition) is 0. The van der Waals surface area contributed by atoms with E-state index >= 15 is 0 Å². The number of cyclic esters (lactones) is 1. The highest BCUT2D eigenvalue weighted by atomic mass is 35.5. The molecule has 0 unspecified atom stereocenters. The fourth-order valence-electron chi connectivity index (χ4n) is 2.93. The Kier molecular flexibility index (Phi) is 4.96. The molecular weight excluding hydrogens is 376 g/mol. The first kappa shape index (κ1) is 18.0. The van der Waals surface area contributed by atoms with Crippen LogP contribution in [-0.2, 0) is 14.3 Å². The molecule has 3 aromatic carbocycles. The highest BCUT2D eigenvalue weighted by Crippen LogP contribution is 2.36. The highest BCUT2D eigenvalue weighted by molar-refractivity contribution is 6.30. The zero-order chi connectivity index (χ0) is 19.5. The lowest BCUT2D eigenvalue weighted by Gasteiger charge is -2.28. The van der Waals surface area contributed by atoms with Crippen LogP contribution < -0.4 is 0 Å². The molecule has 0 aliphatic carbocycles. The number of rotatable bonds is 4. The Labute approximate surface area is 167 Å². The SMILES string of the molecule is O=C1O[C@@H](c2ccc(Cl)cc2)OC(c2ccccc2)=C1C(=O)c1ccccc1. The molecule has 0 aromatic heterocycles. The number of Topliss-reactive ketones (excluding diaryl/α,β-unsaturated/α-hetero) is 1. The summed E-state index contributed by atoms with van der Waals surface area (Å²) in [5.41, 5.74) is 1.51. The number of carbonyl (C=O) groups is 2. The molecule has 3 aromatic rings. The van der Waals surface area contributed by atoms with Crippen LogP contribution in [0.2, 0.25) is 5.02 Å². The van der Waals surface area contributed by atoms with Gasteiger partial charge in [0.15, 0.2) is 5.57 Å². The molecule has 4 nitrogen and oxygen atoms in total. The van der Waals surface area contributed by atoms with Gasteiger partial charge in [-0.3, -0.25) is 4.79 Å². The van der Waals surface area contributed by atoms with Gasteiger partial charge in [-0.2, -0.15) is 0 Å². The second-order valence-electron chi connectivity index (χ2n) is 6.17. The summed E-state index contributed by atoms with van der Waals surface area (Å²) in [5.74, 6) is -0.969. The van der Waals surface area contributed by atoms with Gasteiger partial charge in [-0.1, -0.05) is 84.4 Å². The van der Waals surface area contributed by atoms with Crippen LogP contribution in [0.3, 0.4) is 0 Å². The van der Waals surface area contributed by atoms with Gasteiger partial charge < -0.3 is 9.47 Å². The molecule has 0 saturated carbocycles. The molecule has 1 heterocycles. The molecule has 28 heavy (non-hydrogen) atoms. The van der Waals surface area contributed by atoms with Crippen molar-refractivity contribution in [1.82, 2.24) is 0 Å². The predicted octanol–water partition coefficient (Wildman–Crippen LogP) is 5.21. The first-order chi connectivity index (χ1) is 13.6. The van der Waals surface area contributed by atoms with Crippen LogP contribution >= 0.6 is 11.6 Å². The van der Waals surface area contributed by atoms with Crippen LogP contribution in [0.25, 0.3) is 5.76 Å². The summed E-state index contributed by atoms with van der Waals surface area (Å²) < 4.78 is 11.4. The number of esters is 1. The first-order valence-electron chi connectivity index (χ1n) is 8.66. The molecule has 0 bridgehead atoms. The lowest BCUT2D eigenvalue weighted by molar-refractivity contribution is -0.168. The van der Waals surface area contributed by atoms with Gasteiger partial charge in [-0.25, -0.2) is 4.79 Å². The van der Waals surface area contributed by atoms with E-state index in [1.807, 2.05) is 18.2 Å². The minimum Gasteiger partial charge on any atom is -0.449 e. The van der Waals surface area contributed by atoms with Crippen LogP contribution in [0.1, 0.15) is 27.8 Å². The van der Waals surface area contributed by atoms with Crippen molar-refractivity contribution in [2.75, 3.05) is 0 Å². The predicted molar refractivity (Wildman–Crippen MR) is 106 cm³/mol. The number of ether oxygens (including phenoxy) is 2. The smallest absolute Gasteiger partial charge is 0.349 e. The van der Waals surface area contributed by atoms with E-state index in [2.05, 4.69) is 0 Å². The fraction of sp³-hybridized carbons (Fsp3) is 0.0435. The Morgan fingerprint density at radius 1 is 0.786 bits per heavy atom. The van der Waals surface area contributed by atoms with E-state index in [1.54, 1.807) is 66.7 Å². The molecule has 0 amide bonds. The molecule has 1 atom stereocenters. The van der Waals surface area contributed by atoms with E-state index in [4.69, 9.17) is 21.1 Å². The minimum atomic E-state index is -0.965. The van der Waals surface area contributed by atoms with Crippen molar-refractivity contribution in [3.05, 3.63) is 112 Å². The van der Waals surface area contributed by atoms with Gasteiger partial charge in [0.05, 0.1) is 0 Å². The summed E-state index contributed by atoms with van der Waals surface area (Å²) in [6.45, 7) is 0. The minimum absolute atomic E-state index is 0.123. The van der Waals surface area contributed by atoms with Gasteiger partial charge >= 0.3 is 5.97 Å². The number of hydrogen-bond acceptors (Lipinski definition) is 4. The normalized spacial score (nSPS) is 16.3. The number of carbonyl (C=O) groups excluding carboxylic acids is 2. The zero-order valence-electron chi connectivity index (χ0n) is 14.7. The number of benzene rings is 3. The largest absolute Gasteiger partial charge is 0.449 e. The van der Waals surface area contributed by atoms with Crippen molar-refractivity contribution in [2.45, 2.75) is 6.29 Å². The van der Waals surface area contributed by atoms with Crippen molar-refractivity contribution in [3.8, 4) is 0 Å². The lowest BCUT2D eigenvalue weighted by atomic mass is 9.98. The molecular formula is C23H15ClO4. The quantitative estimate of drug-likeness (QED) is 0.349. The maximum atomic E-state index is 13.0. The van der Waals surface area contributed by atoms with Crippen molar-refractivity contribution >= 4 is 29.1 Å². The molecule has 4 rings (SSSR count). The molecule has 0 radical (unpaired) electrons. The van der Waals surface area contributed by atoms with E-state index in [9.17, 15) is 9.59 Å². The molecule has 1 aliphatic rings. The average Bonchev–Trinajstić information content (AvgIpc) is 2.74. The number of halogens is 1. The summed E-state index contributed by atoms with van der Waals surface area (Å²) in [6, 6.07) is 24.4. The van der Waals surface area contributed by atoms with Crippen LogP contribution in [0, 0.1) is 0 Å². The highest BCUT2D eigenvalue weighted by Gasteiger charge is 2.36. The molecule has 0 fully saturated rings. The Morgan fingerprint density at radius 2 is 1.39 bits per heavy atom. The molecule has 138 valence electrons. The van der Waals surface area contributed by atoms with Crippen molar-refractivity contribution in [3.63, 3.8) is 0 Å². The van der Waals surface area contributed by atoms with Crippen molar-refractivity contribution < 1.29 is 19.1 Å². The van der Waals surface area contributed by atoms with E-state index < -0.39 is 18.0 Å². The lowest BCUT2D eigenvalue weighted by Crippen LogP contribution is -2.27. The second-order valence-corrected chi connectivity index (χ2v) is 6.61. The third-order valence-corrected chi connectivity index (χ3v) is 4.56. The Hall–Kier alpha value is -3.37. The van der Waals surface area contributed by atoms with Gasteiger partial charge in [-0.05, 0) is 12.1 Å². The van der Waals surface area contributed by atoms with Crippen LogP contribution in [-0.4, -0.2) is 11.8 Å². The standard InChI is InChI=1S/C23H15ClO4/c24-18-13-11-17(12-14-18)23-27-21(16-9-5-2-6-10-16)19(22(26)28-23)20(25)15-7-3-1-4-8-15/h1-14,23H/t23-/m0/s1. The van der Waals surface area contributed by atoms with Gasteiger partial charge in [0.1, 0.15) is 5.76 Å². The third kappa shape index (κ3) is 3.55. The first-order valence-corrected chi connectivity index (χ1v) is 9.04. The maximum absolute atomic E-state index is 13.0. The van der Waals surface area contributed by atoms with Crippen LogP contribution in [0.4, 0.5) is 0 Å². The monoisotopic (exact) mass is 390 g/mol. The van der Waals surface area contributed by atoms with Crippen LogP contribution in [0.5, 0.6) is 0 Å². The van der Waals surface area contributed by atoms with Crippen molar-refractivity contribution in [2.24, 2.45) is 0 Å². The van der Waals surface area contributed by atoms with Crippen molar-refractivity contribution in [1.29, 1.82) is 0 Å². The summed E-state index contributed by atoms with van der Waals surface area (Å²) in [4.78, 5) is 25.9. The van der Waals surface area contributed by atoms with E-state index in [0.717, 1.165) is 0 Å². The second kappa shape index (κ2) is 7.71. The van der Waals surface area contributed by atoms with E-state index in [-0.39, 0.29) is 11.3 Å². The molecule has 0 saturated heterocycles. The van der Waals surface area contributed by atoms with E-state index in [0.29, 0.717) is 21.7 Å².